The van der Waals surface area contributed by atoms with Crippen LogP contribution in [0.5, 0.6) is 0 Å². The van der Waals surface area contributed by atoms with E-state index in [0.29, 0.717) is 12.3 Å². The van der Waals surface area contributed by atoms with Gasteiger partial charge in [-0.05, 0) is 39.4 Å². The van der Waals surface area contributed by atoms with Crippen molar-refractivity contribution in [2.45, 2.75) is 38.0 Å². The van der Waals surface area contributed by atoms with Gasteiger partial charge in [-0.2, -0.15) is 0 Å². The second-order valence-corrected chi connectivity index (χ2v) is 5.29. The molecule has 0 amide bonds. The van der Waals surface area contributed by atoms with Crippen molar-refractivity contribution in [2.75, 3.05) is 27.2 Å². The van der Waals surface area contributed by atoms with Crippen LogP contribution < -0.4 is 0 Å². The number of rotatable bonds is 4. The van der Waals surface area contributed by atoms with Gasteiger partial charge in [-0.15, -0.1) is 0 Å². The molecule has 1 unspecified atom stereocenters. The number of aromatic nitrogens is 2. The number of hydrogen-bond donors (Lipinski definition) is 1. The quantitative estimate of drug-likeness (QED) is 0.845. The molecule has 1 fully saturated rings. The number of carbonyl (C=O) groups excluding carboxylic acids is 1. The van der Waals surface area contributed by atoms with E-state index in [1.54, 1.807) is 0 Å². The smallest absolute Gasteiger partial charge is 0.316 e. The lowest BCUT2D eigenvalue weighted by Gasteiger charge is -2.28. The molecule has 5 nitrogen and oxygen atoms in total. The summed E-state index contributed by atoms with van der Waals surface area (Å²) >= 11 is 0. The molecule has 0 aromatic carbocycles. The van der Waals surface area contributed by atoms with Crippen molar-refractivity contribution < 1.29 is 9.53 Å². The summed E-state index contributed by atoms with van der Waals surface area (Å²) in [5.74, 6) is 0.785. The number of piperidine rings is 1. The molecule has 0 radical (unpaired) electrons. The fraction of sp³-hybridized carbons (Fsp3) is 0.714. The predicted molar refractivity (Wildman–Crippen MR) is 73.1 cm³/mol. The Bertz CT molecular complexity index is 422. The second-order valence-electron chi connectivity index (χ2n) is 5.29. The highest BCUT2D eigenvalue weighted by atomic mass is 16.5. The molecule has 2 rings (SSSR count). The van der Waals surface area contributed by atoms with E-state index in [2.05, 4.69) is 21.9 Å². The van der Waals surface area contributed by atoms with Gasteiger partial charge in [0, 0.05) is 17.8 Å². The molecule has 0 spiro atoms. The molecule has 0 saturated carbocycles. The topological polar surface area (TPSA) is 58.2 Å². The third-order valence-corrected chi connectivity index (χ3v) is 4.00. The van der Waals surface area contributed by atoms with E-state index in [-0.39, 0.29) is 11.9 Å². The Labute approximate surface area is 114 Å². The van der Waals surface area contributed by atoms with Crippen LogP contribution in [0.2, 0.25) is 0 Å². The van der Waals surface area contributed by atoms with Crippen LogP contribution in [0.3, 0.4) is 0 Å². The van der Waals surface area contributed by atoms with Crippen molar-refractivity contribution >= 4 is 5.97 Å². The lowest BCUT2D eigenvalue weighted by molar-refractivity contribution is -0.142. The Kier molecular flexibility index (Phi) is 4.58. The summed E-state index contributed by atoms with van der Waals surface area (Å²) in [6.45, 7) is 4.21. The standard InChI is InChI=1S/C14H23N3O2/c1-4-11(14(18)19-3)13-15-9-12(16-13)10-5-7-17(2)8-6-10/h9-11H,4-8H2,1-3H3,(H,15,16). The molecule has 1 N–H and O–H groups in total. The molecule has 1 aromatic rings. The Balaban J connectivity index is 2.07. The second kappa shape index (κ2) is 6.19. The average Bonchev–Trinajstić information content (AvgIpc) is 2.89. The Hall–Kier alpha value is -1.36. The molecule has 1 atom stereocenters. The van der Waals surface area contributed by atoms with Crippen LogP contribution in [0, 0.1) is 0 Å². The molecule has 19 heavy (non-hydrogen) atoms. The minimum atomic E-state index is -0.273. The largest absolute Gasteiger partial charge is 0.468 e. The fourth-order valence-corrected chi connectivity index (χ4v) is 2.67. The number of carbonyl (C=O) groups is 1. The zero-order valence-electron chi connectivity index (χ0n) is 12.0. The highest BCUT2D eigenvalue weighted by Gasteiger charge is 2.25. The van der Waals surface area contributed by atoms with E-state index in [0.717, 1.165) is 37.4 Å². The van der Waals surface area contributed by atoms with Crippen LogP contribution in [0.4, 0.5) is 0 Å². The van der Waals surface area contributed by atoms with E-state index >= 15 is 0 Å². The summed E-state index contributed by atoms with van der Waals surface area (Å²) in [6.07, 6.45) is 4.88. The van der Waals surface area contributed by atoms with Gasteiger partial charge in [-0.1, -0.05) is 6.92 Å². The lowest BCUT2D eigenvalue weighted by atomic mass is 9.94. The third-order valence-electron chi connectivity index (χ3n) is 4.00. The highest BCUT2D eigenvalue weighted by molar-refractivity contribution is 5.76. The van der Waals surface area contributed by atoms with Gasteiger partial charge >= 0.3 is 5.97 Å². The highest BCUT2D eigenvalue weighted by Crippen LogP contribution is 2.28. The number of nitrogens with one attached hydrogen (secondary N) is 1. The summed E-state index contributed by atoms with van der Waals surface area (Å²) in [5.41, 5.74) is 1.16. The van der Waals surface area contributed by atoms with Crippen molar-refractivity contribution in [3.63, 3.8) is 0 Å². The molecule has 1 saturated heterocycles. The van der Waals surface area contributed by atoms with Crippen molar-refractivity contribution in [1.29, 1.82) is 0 Å². The summed E-state index contributed by atoms with van der Waals surface area (Å²) in [7, 11) is 3.57. The van der Waals surface area contributed by atoms with Gasteiger partial charge < -0.3 is 14.6 Å². The van der Waals surface area contributed by atoms with Crippen molar-refractivity contribution in [1.82, 2.24) is 14.9 Å². The summed E-state index contributed by atoms with van der Waals surface area (Å²) in [5, 5.41) is 0. The zero-order valence-corrected chi connectivity index (χ0v) is 12.0. The molecular weight excluding hydrogens is 242 g/mol. The fourth-order valence-electron chi connectivity index (χ4n) is 2.67. The maximum atomic E-state index is 11.7. The van der Waals surface area contributed by atoms with Crippen LogP contribution in [0.15, 0.2) is 6.20 Å². The Morgan fingerprint density at radius 2 is 2.26 bits per heavy atom. The predicted octanol–water partition coefficient (Wildman–Crippen LogP) is 1.89. The molecule has 0 bridgehead atoms. The Morgan fingerprint density at radius 1 is 1.58 bits per heavy atom. The van der Waals surface area contributed by atoms with Gasteiger partial charge in [0.05, 0.1) is 7.11 Å². The number of hydrogen-bond acceptors (Lipinski definition) is 4. The lowest BCUT2D eigenvalue weighted by Crippen LogP contribution is -2.29. The van der Waals surface area contributed by atoms with Crippen molar-refractivity contribution in [3.05, 3.63) is 17.7 Å². The summed E-state index contributed by atoms with van der Waals surface area (Å²) < 4.78 is 4.82. The van der Waals surface area contributed by atoms with E-state index in [1.807, 2.05) is 13.1 Å². The molecular formula is C14H23N3O2. The third kappa shape index (κ3) is 3.15. The normalized spacial score (nSPS) is 19.3. The first-order valence-corrected chi connectivity index (χ1v) is 6.96. The van der Waals surface area contributed by atoms with E-state index < -0.39 is 0 Å². The van der Waals surface area contributed by atoms with E-state index in [9.17, 15) is 4.79 Å². The number of ether oxygens (including phenoxy) is 1. The van der Waals surface area contributed by atoms with Crippen LogP contribution in [0.25, 0.3) is 0 Å². The van der Waals surface area contributed by atoms with Gasteiger partial charge in [-0.25, -0.2) is 4.98 Å². The molecule has 2 heterocycles. The molecule has 1 aromatic heterocycles. The Morgan fingerprint density at radius 3 is 2.84 bits per heavy atom. The average molecular weight is 265 g/mol. The van der Waals surface area contributed by atoms with Crippen LogP contribution in [0.1, 0.15) is 49.5 Å². The van der Waals surface area contributed by atoms with Gasteiger partial charge in [-0.3, -0.25) is 4.79 Å². The van der Waals surface area contributed by atoms with Crippen molar-refractivity contribution in [2.24, 2.45) is 0 Å². The number of nitrogens with zero attached hydrogens (tertiary/aromatic N) is 2. The van der Waals surface area contributed by atoms with Gasteiger partial charge in [0.2, 0.25) is 0 Å². The van der Waals surface area contributed by atoms with Crippen LogP contribution >= 0.6 is 0 Å². The van der Waals surface area contributed by atoms with E-state index in [4.69, 9.17) is 4.74 Å². The summed E-state index contributed by atoms with van der Waals surface area (Å²) in [4.78, 5) is 21.7. The van der Waals surface area contributed by atoms with E-state index in [1.165, 1.54) is 7.11 Å². The zero-order chi connectivity index (χ0) is 13.8. The minimum Gasteiger partial charge on any atom is -0.468 e. The first-order chi connectivity index (χ1) is 9.15. The number of imidazole rings is 1. The first-order valence-electron chi connectivity index (χ1n) is 6.96. The number of methoxy groups -OCH3 is 1. The van der Waals surface area contributed by atoms with Gasteiger partial charge in [0.25, 0.3) is 0 Å². The number of esters is 1. The molecule has 1 aliphatic heterocycles. The SMILES string of the molecule is CCC(C(=O)OC)c1ncc(C2CCN(C)CC2)[nH]1. The maximum Gasteiger partial charge on any atom is 0.316 e. The van der Waals surface area contributed by atoms with Gasteiger partial charge in [0.1, 0.15) is 11.7 Å². The van der Waals surface area contributed by atoms with Gasteiger partial charge in [0.15, 0.2) is 0 Å². The van der Waals surface area contributed by atoms with Crippen LogP contribution in [-0.4, -0.2) is 48.1 Å². The van der Waals surface area contributed by atoms with Crippen LogP contribution in [-0.2, 0) is 9.53 Å². The minimum absolute atomic E-state index is 0.216. The molecule has 1 aliphatic rings. The molecule has 5 heteroatoms. The monoisotopic (exact) mass is 265 g/mol. The molecule has 106 valence electrons. The maximum absolute atomic E-state index is 11.7. The van der Waals surface area contributed by atoms with Crippen molar-refractivity contribution in [3.8, 4) is 0 Å². The number of likely N-dealkylation sites (tertiary alicyclic amines) is 1. The first kappa shape index (κ1) is 14.1. The number of aromatic amines is 1. The molecule has 0 aliphatic carbocycles. The summed E-state index contributed by atoms with van der Waals surface area (Å²) in [6, 6.07) is 0. The number of H-pyrrole nitrogens is 1.